The van der Waals surface area contributed by atoms with Gasteiger partial charge in [0, 0.05) is 13.1 Å². The number of benzene rings is 2. The predicted molar refractivity (Wildman–Crippen MR) is 133 cm³/mol. The molecule has 0 aromatic heterocycles. The Morgan fingerprint density at radius 2 is 1.58 bits per heavy atom. The van der Waals surface area contributed by atoms with Gasteiger partial charge in [0.15, 0.2) is 0 Å². The maximum absolute atomic E-state index is 6.87. The number of anilines is 4. The summed E-state index contributed by atoms with van der Waals surface area (Å²) in [7, 11) is 0. The fraction of sp³-hybridized carbons (Fsp3) is 0.500. The zero-order valence-electron chi connectivity index (χ0n) is 19.0. The predicted octanol–water partition coefficient (Wildman–Crippen LogP) is 3.51. The first-order valence-electron chi connectivity index (χ1n) is 11.5. The summed E-state index contributed by atoms with van der Waals surface area (Å²) >= 11 is 0. The van der Waals surface area contributed by atoms with E-state index in [0.717, 1.165) is 49.7 Å². The Balaban J connectivity index is 2.04. The number of para-hydroxylation sites is 4. The van der Waals surface area contributed by atoms with Crippen molar-refractivity contribution in [2.75, 3.05) is 48.0 Å². The van der Waals surface area contributed by atoms with E-state index in [-0.39, 0.29) is 12.3 Å². The summed E-state index contributed by atoms with van der Waals surface area (Å²) in [6.07, 6.45) is 4.51. The zero-order chi connectivity index (χ0) is 22.2. The Labute approximate surface area is 187 Å². The van der Waals surface area contributed by atoms with Crippen LogP contribution in [-0.2, 0) is 0 Å². The molecule has 2 atom stereocenters. The van der Waals surface area contributed by atoms with E-state index < -0.39 is 0 Å². The molecule has 2 unspecified atom stereocenters. The number of hydrogen-bond acceptors (Lipinski definition) is 7. The quantitative estimate of drug-likeness (QED) is 0.200. The number of nitrogen functional groups attached to an aromatic ring is 2. The van der Waals surface area contributed by atoms with Crippen LogP contribution in [0.2, 0.25) is 0 Å². The van der Waals surface area contributed by atoms with Crippen molar-refractivity contribution in [3.63, 3.8) is 0 Å². The van der Waals surface area contributed by atoms with Crippen molar-refractivity contribution in [3.8, 4) is 0 Å². The van der Waals surface area contributed by atoms with Crippen molar-refractivity contribution < 1.29 is 0 Å². The van der Waals surface area contributed by atoms with E-state index in [0.29, 0.717) is 5.69 Å². The minimum Gasteiger partial charge on any atom is -0.397 e. The van der Waals surface area contributed by atoms with E-state index in [1.165, 1.54) is 19.3 Å². The number of nitrogens with zero attached hydrogens (tertiary/aromatic N) is 3. The molecule has 7 heteroatoms. The molecule has 7 N–H and O–H groups in total. The molecule has 170 valence electrons. The first kappa shape index (κ1) is 23.2. The lowest BCUT2D eigenvalue weighted by Gasteiger charge is -2.48. The summed E-state index contributed by atoms with van der Waals surface area (Å²) in [6.45, 7) is 8.30. The first-order valence-corrected chi connectivity index (χ1v) is 11.5. The van der Waals surface area contributed by atoms with E-state index in [2.05, 4.69) is 29.0 Å². The largest absolute Gasteiger partial charge is 0.397 e. The molecular formula is C24H39N7. The average molecular weight is 426 g/mol. The normalized spacial score (nSPS) is 16.8. The van der Waals surface area contributed by atoms with Crippen molar-refractivity contribution in [2.45, 2.75) is 51.9 Å². The van der Waals surface area contributed by atoms with Crippen LogP contribution < -0.4 is 27.6 Å². The lowest BCUT2D eigenvalue weighted by molar-refractivity contribution is 0.0764. The highest BCUT2D eigenvalue weighted by Crippen LogP contribution is 2.29. The Bertz CT molecular complexity index is 806. The van der Waals surface area contributed by atoms with Crippen LogP contribution >= 0.6 is 0 Å². The Hall–Kier alpha value is -2.48. The summed E-state index contributed by atoms with van der Waals surface area (Å²) < 4.78 is 0. The molecule has 1 heterocycles. The summed E-state index contributed by atoms with van der Waals surface area (Å²) in [6, 6.07) is 15.8. The van der Waals surface area contributed by atoms with E-state index in [1.54, 1.807) is 0 Å². The second-order valence-corrected chi connectivity index (χ2v) is 8.28. The molecule has 0 radical (unpaired) electrons. The molecule has 2 aromatic rings. The van der Waals surface area contributed by atoms with Crippen molar-refractivity contribution in [1.82, 2.24) is 9.80 Å². The van der Waals surface area contributed by atoms with Crippen LogP contribution in [0.4, 0.5) is 22.7 Å². The average Bonchev–Trinajstić information content (AvgIpc) is 2.79. The van der Waals surface area contributed by atoms with Gasteiger partial charge in [-0.1, -0.05) is 44.5 Å². The van der Waals surface area contributed by atoms with Crippen molar-refractivity contribution in [1.29, 1.82) is 0 Å². The third kappa shape index (κ3) is 5.61. The standard InChI is InChI=1S/C24H39N7/c1-3-16-29(4-2)23(28-21-14-8-6-12-19(21)25)24(30-17-10-5-11-18-30)31(27)22-15-9-7-13-20(22)26/h6-9,12-15,23-24,28H,3-5,10-11,16-18,25-27H2,1-2H3. The maximum atomic E-state index is 6.87. The molecule has 1 saturated heterocycles. The SMILES string of the molecule is CCCN(CC)C(Nc1ccccc1N)C(N1CCCCC1)N(N)c1ccccc1N. The van der Waals surface area contributed by atoms with E-state index >= 15 is 0 Å². The highest BCUT2D eigenvalue weighted by Gasteiger charge is 2.36. The molecule has 3 rings (SSSR count). The second kappa shape index (κ2) is 11.2. The monoisotopic (exact) mass is 425 g/mol. The lowest BCUT2D eigenvalue weighted by Crippen LogP contribution is -2.66. The molecule has 7 nitrogen and oxygen atoms in total. The van der Waals surface area contributed by atoms with Crippen LogP contribution in [0.3, 0.4) is 0 Å². The minimum atomic E-state index is -0.101. The zero-order valence-corrected chi connectivity index (χ0v) is 19.0. The molecule has 1 aliphatic rings. The van der Waals surface area contributed by atoms with Gasteiger partial charge in [0.05, 0.1) is 22.7 Å². The third-order valence-corrected chi connectivity index (χ3v) is 6.12. The summed E-state index contributed by atoms with van der Waals surface area (Å²) in [4.78, 5) is 4.94. The Morgan fingerprint density at radius 3 is 2.19 bits per heavy atom. The van der Waals surface area contributed by atoms with Crippen molar-refractivity contribution in [3.05, 3.63) is 48.5 Å². The number of likely N-dealkylation sites (tertiary alicyclic amines) is 1. The second-order valence-electron chi connectivity index (χ2n) is 8.28. The van der Waals surface area contributed by atoms with Gasteiger partial charge >= 0.3 is 0 Å². The van der Waals surface area contributed by atoms with E-state index in [4.69, 9.17) is 17.3 Å². The topological polar surface area (TPSA) is 99.8 Å². The highest BCUT2D eigenvalue weighted by molar-refractivity contribution is 5.68. The molecule has 31 heavy (non-hydrogen) atoms. The van der Waals surface area contributed by atoms with Crippen LogP contribution in [-0.4, -0.2) is 48.3 Å². The van der Waals surface area contributed by atoms with Crippen LogP contribution in [0.1, 0.15) is 39.5 Å². The summed E-state index contributed by atoms with van der Waals surface area (Å²) in [5.74, 6) is 6.87. The van der Waals surface area contributed by atoms with Gasteiger partial charge in [0.25, 0.3) is 0 Å². The van der Waals surface area contributed by atoms with Crippen LogP contribution in [0, 0.1) is 0 Å². The van der Waals surface area contributed by atoms with Crippen LogP contribution in [0.15, 0.2) is 48.5 Å². The first-order chi connectivity index (χ1) is 15.1. The number of nitrogens with one attached hydrogen (secondary N) is 1. The number of rotatable bonds is 10. The lowest BCUT2D eigenvalue weighted by atomic mass is 10.1. The maximum Gasteiger partial charge on any atom is 0.131 e. The molecule has 0 bridgehead atoms. The van der Waals surface area contributed by atoms with Gasteiger partial charge in [-0.3, -0.25) is 14.8 Å². The van der Waals surface area contributed by atoms with Gasteiger partial charge in [-0.25, -0.2) is 5.84 Å². The van der Waals surface area contributed by atoms with E-state index in [1.807, 2.05) is 53.5 Å². The molecule has 0 aliphatic carbocycles. The third-order valence-electron chi connectivity index (χ3n) is 6.12. The number of piperidine rings is 1. The number of nitrogens with two attached hydrogens (primary N) is 3. The summed E-state index contributed by atoms with van der Waals surface area (Å²) in [5.41, 5.74) is 15.8. The van der Waals surface area contributed by atoms with Gasteiger partial charge in [0.2, 0.25) is 0 Å². The molecule has 0 amide bonds. The molecule has 1 aliphatic heterocycles. The van der Waals surface area contributed by atoms with Gasteiger partial charge in [-0.15, -0.1) is 0 Å². The number of likely N-dealkylation sites (N-methyl/N-ethyl adjacent to an activating group) is 1. The van der Waals surface area contributed by atoms with Gasteiger partial charge < -0.3 is 16.8 Å². The number of hydrogen-bond donors (Lipinski definition) is 4. The molecule has 0 saturated carbocycles. The Kier molecular flexibility index (Phi) is 8.40. The van der Waals surface area contributed by atoms with Gasteiger partial charge in [-0.05, 0) is 56.6 Å². The van der Waals surface area contributed by atoms with Gasteiger partial charge in [0.1, 0.15) is 12.3 Å². The van der Waals surface area contributed by atoms with E-state index in [9.17, 15) is 0 Å². The smallest absolute Gasteiger partial charge is 0.131 e. The van der Waals surface area contributed by atoms with Crippen molar-refractivity contribution >= 4 is 22.7 Å². The summed E-state index contributed by atoms with van der Waals surface area (Å²) in [5, 5.41) is 5.60. The molecule has 0 spiro atoms. The fourth-order valence-electron chi connectivity index (χ4n) is 4.50. The molecular weight excluding hydrogens is 386 g/mol. The van der Waals surface area contributed by atoms with Crippen LogP contribution in [0.25, 0.3) is 0 Å². The fourth-order valence-corrected chi connectivity index (χ4v) is 4.50. The minimum absolute atomic E-state index is 0.0580. The van der Waals surface area contributed by atoms with Crippen molar-refractivity contribution in [2.24, 2.45) is 5.84 Å². The number of hydrazine groups is 1. The molecule has 2 aromatic carbocycles. The van der Waals surface area contributed by atoms with Crippen LogP contribution in [0.5, 0.6) is 0 Å². The molecule has 1 fully saturated rings. The highest BCUT2D eigenvalue weighted by atomic mass is 15.5. The Morgan fingerprint density at radius 1 is 0.935 bits per heavy atom. The van der Waals surface area contributed by atoms with Gasteiger partial charge in [-0.2, -0.15) is 0 Å².